The van der Waals surface area contributed by atoms with Crippen LogP contribution in [-0.2, 0) is 11.3 Å². The molecular formula is C17H15F2NO6S. The third kappa shape index (κ3) is 5.30. The number of alkyl halides is 2. The predicted molar refractivity (Wildman–Crippen MR) is 93.6 cm³/mol. The number of nitro benzene ring substituents is 1. The van der Waals surface area contributed by atoms with Gasteiger partial charge in [-0.1, -0.05) is 17.8 Å². The molecule has 0 amide bonds. The molecule has 10 heteroatoms. The van der Waals surface area contributed by atoms with Gasteiger partial charge in [-0.15, -0.1) is 0 Å². The van der Waals surface area contributed by atoms with Gasteiger partial charge >= 0.3 is 11.7 Å². The Morgan fingerprint density at radius 1 is 1.19 bits per heavy atom. The van der Waals surface area contributed by atoms with Crippen molar-refractivity contribution in [3.05, 3.63) is 57.6 Å². The maximum absolute atomic E-state index is 12.5. The maximum atomic E-state index is 12.5. The summed E-state index contributed by atoms with van der Waals surface area (Å²) >= 11 is 0.353. The Kier molecular flexibility index (Phi) is 6.94. The number of nitro groups is 1. The molecule has 0 N–H and O–H groups in total. The van der Waals surface area contributed by atoms with Crippen molar-refractivity contribution in [1.82, 2.24) is 0 Å². The van der Waals surface area contributed by atoms with Gasteiger partial charge in [0.25, 0.3) is 5.76 Å². The lowest BCUT2D eigenvalue weighted by Gasteiger charge is -2.11. The van der Waals surface area contributed by atoms with E-state index < -0.39 is 22.3 Å². The van der Waals surface area contributed by atoms with Gasteiger partial charge in [-0.25, -0.2) is 4.79 Å². The molecule has 144 valence electrons. The first-order valence-corrected chi connectivity index (χ1v) is 8.35. The largest absolute Gasteiger partial charge is 0.496 e. The Morgan fingerprint density at radius 2 is 1.93 bits per heavy atom. The molecule has 0 spiro atoms. The smallest absolute Gasteiger partial charge is 0.338 e. The molecule has 2 aromatic rings. The van der Waals surface area contributed by atoms with E-state index in [1.807, 2.05) is 0 Å². The van der Waals surface area contributed by atoms with Crippen LogP contribution in [0.2, 0.25) is 0 Å². The second-order valence-corrected chi connectivity index (χ2v) is 6.12. The minimum absolute atomic E-state index is 0.0200. The Balaban J connectivity index is 2.20. The van der Waals surface area contributed by atoms with Crippen LogP contribution < -0.4 is 9.47 Å². The first-order valence-electron chi connectivity index (χ1n) is 7.47. The average Bonchev–Trinajstić information content (AvgIpc) is 2.65. The van der Waals surface area contributed by atoms with Crippen LogP contribution in [0, 0.1) is 10.1 Å². The fourth-order valence-corrected chi connectivity index (χ4v) is 2.78. The number of carbonyl (C=O) groups is 1. The second-order valence-electron chi connectivity index (χ2n) is 5.08. The zero-order valence-corrected chi connectivity index (χ0v) is 15.1. The van der Waals surface area contributed by atoms with Crippen molar-refractivity contribution in [1.29, 1.82) is 0 Å². The zero-order valence-electron chi connectivity index (χ0n) is 14.3. The number of esters is 1. The van der Waals surface area contributed by atoms with Gasteiger partial charge in [-0.3, -0.25) is 10.1 Å². The predicted octanol–water partition coefficient (Wildman–Crippen LogP) is 4.28. The maximum Gasteiger partial charge on any atom is 0.338 e. The first-order chi connectivity index (χ1) is 12.8. The van der Waals surface area contributed by atoms with Crippen molar-refractivity contribution >= 4 is 23.4 Å². The summed E-state index contributed by atoms with van der Waals surface area (Å²) in [5.41, 5.74) is 0.193. The highest BCUT2D eigenvalue weighted by Crippen LogP contribution is 2.35. The molecule has 0 saturated heterocycles. The van der Waals surface area contributed by atoms with Crippen molar-refractivity contribution in [3.8, 4) is 11.5 Å². The molecule has 0 bridgehead atoms. The minimum atomic E-state index is -2.59. The molecule has 0 radical (unpaired) electrons. The molecule has 2 rings (SSSR count). The highest BCUT2D eigenvalue weighted by molar-refractivity contribution is 7.99. The molecule has 0 heterocycles. The van der Waals surface area contributed by atoms with Gasteiger partial charge in [0.05, 0.1) is 29.6 Å². The quantitative estimate of drug-likeness (QED) is 0.283. The van der Waals surface area contributed by atoms with E-state index in [-0.39, 0.29) is 28.6 Å². The lowest BCUT2D eigenvalue weighted by Crippen LogP contribution is -2.04. The van der Waals surface area contributed by atoms with Gasteiger partial charge in [0, 0.05) is 6.07 Å². The Bertz CT molecular complexity index is 846. The number of rotatable bonds is 8. The van der Waals surface area contributed by atoms with Gasteiger partial charge in [-0.05, 0) is 29.8 Å². The molecule has 0 aromatic heterocycles. The lowest BCUT2D eigenvalue weighted by molar-refractivity contribution is -0.386. The highest BCUT2D eigenvalue weighted by atomic mass is 32.2. The molecule has 0 aliphatic carbocycles. The van der Waals surface area contributed by atoms with Crippen molar-refractivity contribution in [2.75, 3.05) is 14.2 Å². The van der Waals surface area contributed by atoms with Crippen molar-refractivity contribution < 1.29 is 32.7 Å². The Hall–Kier alpha value is -2.88. The van der Waals surface area contributed by atoms with E-state index in [0.29, 0.717) is 17.3 Å². The van der Waals surface area contributed by atoms with Crippen molar-refractivity contribution in [2.24, 2.45) is 0 Å². The number of thioether (sulfide) groups is 1. The lowest BCUT2D eigenvalue weighted by atomic mass is 10.2. The summed E-state index contributed by atoms with van der Waals surface area (Å²) < 4.78 is 40.1. The van der Waals surface area contributed by atoms with Crippen LogP contribution in [0.4, 0.5) is 14.5 Å². The Labute approximate surface area is 157 Å². The highest BCUT2D eigenvalue weighted by Gasteiger charge is 2.19. The summed E-state index contributed by atoms with van der Waals surface area (Å²) in [5, 5.41) is 11.2. The number of hydrogen-bond donors (Lipinski definition) is 0. The van der Waals surface area contributed by atoms with Crippen LogP contribution in [0.5, 0.6) is 11.5 Å². The summed E-state index contributed by atoms with van der Waals surface area (Å²) in [6, 6.07) is 8.23. The van der Waals surface area contributed by atoms with Gasteiger partial charge in [0.15, 0.2) is 5.75 Å². The fraction of sp³-hybridized carbons (Fsp3) is 0.235. The third-order valence-corrected chi connectivity index (χ3v) is 4.18. The summed E-state index contributed by atoms with van der Waals surface area (Å²) in [5.74, 6) is -3.09. The molecule has 0 atom stereocenters. The van der Waals surface area contributed by atoms with E-state index in [0.717, 1.165) is 6.07 Å². The van der Waals surface area contributed by atoms with Crippen LogP contribution in [0.3, 0.4) is 0 Å². The molecule has 7 nitrogen and oxygen atoms in total. The fourth-order valence-electron chi connectivity index (χ4n) is 2.18. The molecule has 0 saturated carbocycles. The number of methoxy groups -OCH3 is 2. The van der Waals surface area contributed by atoms with E-state index in [1.54, 1.807) is 6.07 Å². The number of benzene rings is 2. The van der Waals surface area contributed by atoms with E-state index in [9.17, 15) is 23.7 Å². The van der Waals surface area contributed by atoms with Gasteiger partial charge in [0.1, 0.15) is 12.4 Å². The monoisotopic (exact) mass is 399 g/mol. The van der Waals surface area contributed by atoms with E-state index in [2.05, 4.69) is 4.74 Å². The van der Waals surface area contributed by atoms with E-state index in [1.165, 1.54) is 38.5 Å². The van der Waals surface area contributed by atoms with Crippen LogP contribution in [0.1, 0.15) is 15.9 Å². The average molecular weight is 399 g/mol. The standard InChI is InChI=1S/C17H15F2NO6S/c1-24-14-7-10(3-6-15(14)27-17(18)19)9-26-13-5-4-11(16(21)25-2)8-12(13)20(22)23/h3-8,17H,9H2,1-2H3. The van der Waals surface area contributed by atoms with Crippen LogP contribution >= 0.6 is 11.8 Å². The molecular weight excluding hydrogens is 384 g/mol. The summed E-state index contributed by atoms with van der Waals surface area (Å²) in [4.78, 5) is 22.3. The van der Waals surface area contributed by atoms with Gasteiger partial charge in [-0.2, -0.15) is 8.78 Å². The normalized spacial score (nSPS) is 10.6. The molecule has 0 unspecified atom stereocenters. The number of carbonyl (C=O) groups excluding carboxylic acids is 1. The first kappa shape index (κ1) is 20.4. The summed E-state index contributed by atoms with van der Waals surface area (Å²) in [6.07, 6.45) is 0. The second kappa shape index (κ2) is 9.17. The molecule has 0 aliphatic heterocycles. The van der Waals surface area contributed by atoms with Crippen LogP contribution in [0.15, 0.2) is 41.3 Å². The minimum Gasteiger partial charge on any atom is -0.496 e. The van der Waals surface area contributed by atoms with E-state index in [4.69, 9.17) is 9.47 Å². The SMILES string of the molecule is COC(=O)c1ccc(OCc2ccc(SC(F)F)c(OC)c2)c([N+](=O)[O-])c1. The molecule has 0 fully saturated rings. The number of ether oxygens (including phenoxy) is 3. The number of hydrogen-bond acceptors (Lipinski definition) is 7. The third-order valence-electron chi connectivity index (χ3n) is 3.42. The van der Waals surface area contributed by atoms with E-state index >= 15 is 0 Å². The summed E-state index contributed by atoms with van der Waals surface area (Å²) in [6.45, 7) is -0.0611. The van der Waals surface area contributed by atoms with Crippen LogP contribution in [-0.4, -0.2) is 30.9 Å². The van der Waals surface area contributed by atoms with Crippen molar-refractivity contribution in [2.45, 2.75) is 17.3 Å². The van der Waals surface area contributed by atoms with Crippen molar-refractivity contribution in [3.63, 3.8) is 0 Å². The molecule has 2 aromatic carbocycles. The topological polar surface area (TPSA) is 87.9 Å². The van der Waals surface area contributed by atoms with Gasteiger partial charge in [0.2, 0.25) is 0 Å². The number of nitrogens with zero attached hydrogens (tertiary/aromatic N) is 1. The molecule has 27 heavy (non-hydrogen) atoms. The zero-order chi connectivity index (χ0) is 20.0. The Morgan fingerprint density at radius 3 is 2.52 bits per heavy atom. The molecule has 0 aliphatic rings. The van der Waals surface area contributed by atoms with Gasteiger partial charge < -0.3 is 14.2 Å². The van der Waals surface area contributed by atoms with Crippen LogP contribution in [0.25, 0.3) is 0 Å². The number of halogens is 2. The summed E-state index contributed by atoms with van der Waals surface area (Å²) in [7, 11) is 2.52.